The summed E-state index contributed by atoms with van der Waals surface area (Å²) >= 11 is 0. The number of anilines is 1. The number of carbonyl (C=O) groups is 1. The van der Waals surface area contributed by atoms with Crippen molar-refractivity contribution in [3.05, 3.63) is 16.7 Å². The Kier molecular flexibility index (Phi) is 8.49. The summed E-state index contributed by atoms with van der Waals surface area (Å²) in [5.41, 5.74) is 5.65. The van der Waals surface area contributed by atoms with Gasteiger partial charge in [0.2, 0.25) is 5.95 Å². The van der Waals surface area contributed by atoms with Gasteiger partial charge in [-0.15, -0.1) is 12.4 Å². The van der Waals surface area contributed by atoms with Gasteiger partial charge in [0.05, 0.1) is 12.9 Å². The lowest BCUT2D eigenvalue weighted by Gasteiger charge is -2.19. The fraction of sp³-hybridized carbons (Fsp3) is 0.600. The lowest BCUT2D eigenvalue weighted by atomic mass is 10.1. The van der Waals surface area contributed by atoms with Crippen molar-refractivity contribution in [1.29, 1.82) is 0 Å². The molecule has 0 saturated heterocycles. The van der Waals surface area contributed by atoms with E-state index in [9.17, 15) is 9.59 Å². The second-order valence-corrected chi connectivity index (χ2v) is 5.82. The van der Waals surface area contributed by atoms with Crippen LogP contribution >= 0.6 is 12.4 Å². The highest BCUT2D eigenvalue weighted by Crippen LogP contribution is 2.07. The molecule has 1 unspecified atom stereocenters. The number of nitrogens with one attached hydrogen (secondary N) is 2. The SMILES string of the molecule is CCNC(C(=O)OCCOCn1cnc2c(=O)[nH]c(N)nc21)C(C)C.Cl. The minimum atomic E-state index is -0.404. The zero-order chi connectivity index (χ0) is 18.4. The number of hydrogen-bond acceptors (Lipinski definition) is 8. The fourth-order valence-corrected chi connectivity index (χ4v) is 2.33. The number of nitrogen functional groups attached to an aromatic ring is 1. The molecular weight excluding hydrogens is 364 g/mol. The van der Waals surface area contributed by atoms with Gasteiger partial charge >= 0.3 is 5.97 Å². The van der Waals surface area contributed by atoms with Gasteiger partial charge < -0.3 is 20.5 Å². The molecule has 4 N–H and O–H groups in total. The summed E-state index contributed by atoms with van der Waals surface area (Å²) in [6.07, 6.45) is 1.44. The Morgan fingerprint density at radius 3 is 2.81 bits per heavy atom. The van der Waals surface area contributed by atoms with E-state index in [2.05, 4.69) is 20.3 Å². The van der Waals surface area contributed by atoms with Crippen LogP contribution in [-0.4, -0.2) is 51.3 Å². The second-order valence-electron chi connectivity index (χ2n) is 5.82. The van der Waals surface area contributed by atoms with Crippen molar-refractivity contribution in [3.63, 3.8) is 0 Å². The van der Waals surface area contributed by atoms with Crippen molar-refractivity contribution in [2.24, 2.45) is 5.92 Å². The summed E-state index contributed by atoms with van der Waals surface area (Å²) in [6, 6.07) is -0.332. The molecule has 2 heterocycles. The van der Waals surface area contributed by atoms with Gasteiger partial charge in [-0.25, -0.2) is 4.98 Å². The standard InChI is InChI=1S/C15H24N6O4.ClH/c1-4-17-10(9(2)3)14(23)25-6-5-24-8-21-7-18-11-12(21)19-15(16)20-13(11)22;/h7,9-10,17H,4-6,8H2,1-3H3,(H3,16,19,20,22);1H. The van der Waals surface area contributed by atoms with E-state index in [-0.39, 0.29) is 61.7 Å². The zero-order valence-corrected chi connectivity index (χ0v) is 15.8. The number of nitrogens with two attached hydrogens (primary N) is 1. The Labute approximate surface area is 156 Å². The summed E-state index contributed by atoms with van der Waals surface area (Å²) in [4.78, 5) is 34.1. The van der Waals surface area contributed by atoms with Crippen LogP contribution in [0, 0.1) is 5.92 Å². The Morgan fingerprint density at radius 2 is 2.15 bits per heavy atom. The first-order valence-electron chi connectivity index (χ1n) is 8.12. The molecule has 2 rings (SSSR count). The van der Waals surface area contributed by atoms with E-state index in [1.54, 1.807) is 4.57 Å². The number of ether oxygens (including phenoxy) is 2. The molecule has 2 aromatic heterocycles. The molecule has 0 spiro atoms. The number of fused-ring (bicyclic) bond motifs is 1. The topological polar surface area (TPSA) is 137 Å². The Hall–Kier alpha value is -2.17. The predicted molar refractivity (Wildman–Crippen MR) is 99.0 cm³/mol. The molecule has 0 aliphatic heterocycles. The molecule has 1 atom stereocenters. The van der Waals surface area contributed by atoms with E-state index in [0.29, 0.717) is 12.2 Å². The zero-order valence-electron chi connectivity index (χ0n) is 15.0. The van der Waals surface area contributed by atoms with Crippen LogP contribution in [-0.2, 0) is 21.0 Å². The summed E-state index contributed by atoms with van der Waals surface area (Å²) in [6.45, 7) is 7.00. The summed E-state index contributed by atoms with van der Waals surface area (Å²) in [5.74, 6) is -0.147. The van der Waals surface area contributed by atoms with E-state index in [1.165, 1.54) is 6.33 Å². The smallest absolute Gasteiger partial charge is 0.323 e. The van der Waals surface area contributed by atoms with Crippen LogP contribution in [0.3, 0.4) is 0 Å². The number of likely N-dealkylation sites (N-methyl/N-ethyl adjacent to an activating group) is 1. The number of carbonyl (C=O) groups excluding carboxylic acids is 1. The molecule has 0 aliphatic rings. The summed E-state index contributed by atoms with van der Waals surface area (Å²) in [7, 11) is 0. The normalized spacial score (nSPS) is 12.2. The van der Waals surface area contributed by atoms with Crippen molar-refractivity contribution < 1.29 is 14.3 Å². The molecule has 0 amide bonds. The lowest BCUT2D eigenvalue weighted by Crippen LogP contribution is -2.42. The first-order chi connectivity index (χ1) is 11.9. The number of aromatic nitrogens is 4. The molecule has 146 valence electrons. The van der Waals surface area contributed by atoms with Gasteiger partial charge in [-0.05, 0) is 12.5 Å². The second kappa shape index (κ2) is 10.1. The molecule has 0 saturated carbocycles. The largest absolute Gasteiger partial charge is 0.462 e. The first kappa shape index (κ1) is 21.9. The van der Waals surface area contributed by atoms with Crippen molar-refractivity contribution in [1.82, 2.24) is 24.8 Å². The molecule has 0 aliphatic carbocycles. The van der Waals surface area contributed by atoms with E-state index >= 15 is 0 Å². The number of esters is 1. The summed E-state index contributed by atoms with van der Waals surface area (Å²) in [5, 5.41) is 3.10. The van der Waals surface area contributed by atoms with Crippen LogP contribution in [0.2, 0.25) is 0 Å². The number of aromatic amines is 1. The Morgan fingerprint density at radius 1 is 1.42 bits per heavy atom. The molecule has 26 heavy (non-hydrogen) atoms. The third-order valence-corrected chi connectivity index (χ3v) is 3.54. The highest BCUT2D eigenvalue weighted by molar-refractivity contribution is 5.85. The molecule has 0 fully saturated rings. The van der Waals surface area contributed by atoms with Gasteiger partial charge in [0.25, 0.3) is 5.56 Å². The minimum Gasteiger partial charge on any atom is -0.462 e. The number of rotatable bonds is 9. The molecule has 0 bridgehead atoms. The fourth-order valence-electron chi connectivity index (χ4n) is 2.33. The molecule has 0 aromatic carbocycles. The maximum atomic E-state index is 12.0. The van der Waals surface area contributed by atoms with E-state index < -0.39 is 5.56 Å². The number of H-pyrrole nitrogens is 1. The maximum Gasteiger partial charge on any atom is 0.323 e. The van der Waals surface area contributed by atoms with Gasteiger partial charge in [0.1, 0.15) is 19.4 Å². The van der Waals surface area contributed by atoms with Gasteiger partial charge in [-0.1, -0.05) is 20.8 Å². The van der Waals surface area contributed by atoms with E-state index in [1.807, 2.05) is 20.8 Å². The third-order valence-electron chi connectivity index (χ3n) is 3.54. The Balaban J connectivity index is 0.00000338. The number of halogens is 1. The molecule has 11 heteroatoms. The quantitative estimate of drug-likeness (QED) is 0.411. The maximum absolute atomic E-state index is 12.0. The highest BCUT2D eigenvalue weighted by atomic mass is 35.5. The minimum absolute atomic E-state index is 0. The van der Waals surface area contributed by atoms with Gasteiger partial charge in [0.15, 0.2) is 11.2 Å². The Bertz CT molecular complexity index is 775. The van der Waals surface area contributed by atoms with Crippen LogP contribution in [0.5, 0.6) is 0 Å². The average Bonchev–Trinajstić information content (AvgIpc) is 2.95. The average molecular weight is 389 g/mol. The monoisotopic (exact) mass is 388 g/mol. The van der Waals surface area contributed by atoms with Crippen LogP contribution < -0.4 is 16.6 Å². The van der Waals surface area contributed by atoms with Crippen molar-refractivity contribution >= 4 is 35.5 Å². The van der Waals surface area contributed by atoms with E-state index in [4.69, 9.17) is 15.2 Å². The number of imidazole rings is 1. The highest BCUT2D eigenvalue weighted by Gasteiger charge is 2.22. The van der Waals surface area contributed by atoms with Crippen molar-refractivity contribution in [3.8, 4) is 0 Å². The lowest BCUT2D eigenvalue weighted by molar-refractivity contribution is -0.149. The first-order valence-corrected chi connectivity index (χ1v) is 8.12. The van der Waals surface area contributed by atoms with Crippen LogP contribution in [0.15, 0.2) is 11.1 Å². The number of hydrogen-bond donors (Lipinski definition) is 3. The van der Waals surface area contributed by atoms with Crippen molar-refractivity contribution in [2.75, 3.05) is 25.5 Å². The molecule has 2 aromatic rings. The van der Waals surface area contributed by atoms with Gasteiger partial charge in [-0.2, -0.15) is 4.98 Å². The van der Waals surface area contributed by atoms with Crippen molar-refractivity contribution in [2.45, 2.75) is 33.5 Å². The molecule has 0 radical (unpaired) electrons. The van der Waals surface area contributed by atoms with Gasteiger partial charge in [-0.3, -0.25) is 19.1 Å². The van der Waals surface area contributed by atoms with Crippen LogP contribution in [0.1, 0.15) is 20.8 Å². The van der Waals surface area contributed by atoms with Crippen LogP contribution in [0.25, 0.3) is 11.2 Å². The van der Waals surface area contributed by atoms with Gasteiger partial charge in [0, 0.05) is 0 Å². The number of nitrogens with zero attached hydrogens (tertiary/aromatic N) is 3. The van der Waals surface area contributed by atoms with E-state index in [0.717, 1.165) is 0 Å². The molecular formula is C15H25ClN6O4. The third kappa shape index (κ3) is 5.41. The summed E-state index contributed by atoms with van der Waals surface area (Å²) < 4.78 is 12.2. The van der Waals surface area contributed by atoms with Crippen LogP contribution in [0.4, 0.5) is 5.95 Å². The predicted octanol–water partition coefficient (Wildman–Crippen LogP) is 0.275. The molecule has 10 nitrogen and oxygen atoms in total.